The number of hydrogen-bond acceptors (Lipinski definition) is 5. The summed E-state index contributed by atoms with van der Waals surface area (Å²) in [4.78, 5) is 14.8. The van der Waals surface area contributed by atoms with E-state index in [0.29, 0.717) is 11.0 Å². The van der Waals surface area contributed by atoms with E-state index in [2.05, 4.69) is 15.2 Å². The van der Waals surface area contributed by atoms with E-state index in [1.165, 1.54) is 0 Å². The van der Waals surface area contributed by atoms with Gasteiger partial charge in [-0.1, -0.05) is 23.9 Å². The van der Waals surface area contributed by atoms with Gasteiger partial charge in [-0.05, 0) is 48.9 Å². The molecule has 0 radical (unpaired) electrons. The van der Waals surface area contributed by atoms with Crippen molar-refractivity contribution >= 4 is 17.7 Å². The molecule has 3 aromatic rings. The molecule has 0 unspecified atom stereocenters. The topological polar surface area (TPSA) is 88.1 Å². The third-order valence-corrected chi connectivity index (χ3v) is 3.97. The van der Waals surface area contributed by atoms with Crippen LogP contribution in [0.25, 0.3) is 11.4 Å². The molecule has 24 heavy (non-hydrogen) atoms. The molecule has 0 saturated heterocycles. The fourth-order valence-corrected chi connectivity index (χ4v) is 2.58. The smallest absolute Gasteiger partial charge is 0.313 e. The van der Waals surface area contributed by atoms with E-state index in [4.69, 9.17) is 9.84 Å². The molecule has 0 aliphatic rings. The molecule has 2 aromatic carbocycles. The van der Waals surface area contributed by atoms with Gasteiger partial charge in [0.1, 0.15) is 11.5 Å². The summed E-state index contributed by atoms with van der Waals surface area (Å²) in [7, 11) is 0. The Hall–Kier alpha value is -2.80. The normalized spacial score (nSPS) is 10.5. The molecule has 0 saturated carbocycles. The van der Waals surface area contributed by atoms with E-state index in [-0.39, 0.29) is 5.75 Å². The molecule has 0 aliphatic heterocycles. The lowest BCUT2D eigenvalue weighted by Gasteiger charge is -2.06. The van der Waals surface area contributed by atoms with Gasteiger partial charge in [0.25, 0.3) is 0 Å². The van der Waals surface area contributed by atoms with Crippen molar-refractivity contribution in [3.8, 4) is 22.9 Å². The number of benzene rings is 2. The Labute approximate surface area is 142 Å². The minimum atomic E-state index is -0.899. The second kappa shape index (κ2) is 7.18. The van der Waals surface area contributed by atoms with Crippen molar-refractivity contribution in [3.05, 3.63) is 54.1 Å². The third kappa shape index (κ3) is 4.14. The zero-order valence-corrected chi connectivity index (χ0v) is 13.7. The number of H-pyrrole nitrogens is 1. The van der Waals surface area contributed by atoms with E-state index < -0.39 is 5.97 Å². The number of nitrogens with zero attached hydrogens (tertiary/aromatic N) is 2. The van der Waals surface area contributed by atoms with Gasteiger partial charge >= 0.3 is 5.97 Å². The zero-order chi connectivity index (χ0) is 16.9. The molecule has 3 rings (SSSR count). The van der Waals surface area contributed by atoms with Crippen LogP contribution >= 0.6 is 11.8 Å². The summed E-state index contributed by atoms with van der Waals surface area (Å²) in [5, 5.41) is 15.9. The number of carboxylic acids is 1. The van der Waals surface area contributed by atoms with Gasteiger partial charge in [0.05, 0.1) is 5.75 Å². The zero-order valence-electron chi connectivity index (χ0n) is 12.9. The van der Waals surface area contributed by atoms with E-state index >= 15 is 0 Å². The lowest BCUT2D eigenvalue weighted by atomic mass is 10.2. The van der Waals surface area contributed by atoms with Crippen LogP contribution < -0.4 is 4.74 Å². The Morgan fingerprint density at radius 1 is 1.21 bits per heavy atom. The predicted molar refractivity (Wildman–Crippen MR) is 91.4 cm³/mol. The number of aromatic amines is 1. The number of hydrogen-bond donors (Lipinski definition) is 2. The van der Waals surface area contributed by atoms with Crippen LogP contribution in [0.5, 0.6) is 11.5 Å². The van der Waals surface area contributed by atoms with Gasteiger partial charge in [-0.2, -0.15) is 0 Å². The van der Waals surface area contributed by atoms with Crippen LogP contribution in [0.1, 0.15) is 5.56 Å². The summed E-state index contributed by atoms with van der Waals surface area (Å²) < 4.78 is 5.80. The Bertz CT molecular complexity index is 846. The SMILES string of the molecule is Cc1cccc(Oc2ccc(-c3nc(SCC(=O)O)n[nH]3)cc2)c1. The quantitative estimate of drug-likeness (QED) is 0.664. The summed E-state index contributed by atoms with van der Waals surface area (Å²) >= 11 is 1.07. The first-order chi connectivity index (χ1) is 11.6. The van der Waals surface area contributed by atoms with E-state index in [0.717, 1.165) is 34.4 Å². The molecule has 0 aliphatic carbocycles. The average Bonchev–Trinajstić information content (AvgIpc) is 3.03. The number of carbonyl (C=O) groups is 1. The first-order valence-corrected chi connectivity index (χ1v) is 8.21. The van der Waals surface area contributed by atoms with Gasteiger partial charge in [0.2, 0.25) is 5.16 Å². The molecule has 0 amide bonds. The number of thioether (sulfide) groups is 1. The van der Waals surface area contributed by atoms with Gasteiger partial charge in [0.15, 0.2) is 5.82 Å². The minimum absolute atomic E-state index is 0.0689. The molecular formula is C17H15N3O3S. The van der Waals surface area contributed by atoms with Crippen LogP contribution in [0.3, 0.4) is 0 Å². The van der Waals surface area contributed by atoms with Crippen molar-refractivity contribution in [2.45, 2.75) is 12.1 Å². The van der Waals surface area contributed by atoms with E-state index in [1.54, 1.807) is 0 Å². The molecule has 0 fully saturated rings. The molecule has 2 N–H and O–H groups in total. The minimum Gasteiger partial charge on any atom is -0.481 e. The summed E-state index contributed by atoms with van der Waals surface area (Å²) in [5.74, 6) is 1.13. The van der Waals surface area contributed by atoms with Gasteiger partial charge in [-0.25, -0.2) is 4.98 Å². The molecule has 0 atom stereocenters. The first-order valence-electron chi connectivity index (χ1n) is 7.22. The van der Waals surface area contributed by atoms with E-state index in [1.807, 2.05) is 55.5 Å². The number of carboxylic acid groups (broad SMARTS) is 1. The average molecular weight is 341 g/mol. The second-order valence-electron chi connectivity index (χ2n) is 5.09. The Balaban J connectivity index is 1.69. The number of rotatable bonds is 6. The molecular weight excluding hydrogens is 326 g/mol. The van der Waals surface area contributed by atoms with Crippen molar-refractivity contribution in [1.29, 1.82) is 0 Å². The predicted octanol–water partition coefficient (Wildman–Crippen LogP) is 3.75. The number of aliphatic carboxylic acids is 1. The van der Waals surface area contributed by atoms with Crippen LogP contribution in [0.4, 0.5) is 0 Å². The van der Waals surface area contributed by atoms with Crippen molar-refractivity contribution in [3.63, 3.8) is 0 Å². The highest BCUT2D eigenvalue weighted by Crippen LogP contribution is 2.25. The number of nitrogens with one attached hydrogen (secondary N) is 1. The molecule has 6 nitrogen and oxygen atoms in total. The Kier molecular flexibility index (Phi) is 4.81. The summed E-state index contributed by atoms with van der Waals surface area (Å²) in [6.45, 7) is 2.01. The third-order valence-electron chi connectivity index (χ3n) is 3.14. The maximum atomic E-state index is 10.6. The van der Waals surface area contributed by atoms with Crippen molar-refractivity contribution in [2.24, 2.45) is 0 Å². The largest absolute Gasteiger partial charge is 0.481 e. The van der Waals surface area contributed by atoms with Gasteiger partial charge < -0.3 is 9.84 Å². The van der Waals surface area contributed by atoms with Crippen LogP contribution in [0.15, 0.2) is 53.7 Å². The van der Waals surface area contributed by atoms with Crippen LogP contribution in [-0.2, 0) is 4.79 Å². The first kappa shape index (κ1) is 16.1. The monoisotopic (exact) mass is 341 g/mol. The van der Waals surface area contributed by atoms with Gasteiger partial charge in [-0.15, -0.1) is 5.10 Å². The number of aromatic nitrogens is 3. The summed E-state index contributed by atoms with van der Waals surface area (Å²) in [6.07, 6.45) is 0. The van der Waals surface area contributed by atoms with Crippen molar-refractivity contribution in [2.75, 3.05) is 5.75 Å². The molecule has 0 spiro atoms. The maximum Gasteiger partial charge on any atom is 0.313 e. The fraction of sp³-hybridized carbons (Fsp3) is 0.118. The van der Waals surface area contributed by atoms with Crippen LogP contribution in [-0.4, -0.2) is 32.0 Å². The number of ether oxygens (including phenoxy) is 1. The van der Waals surface area contributed by atoms with Gasteiger partial charge in [0, 0.05) is 5.56 Å². The van der Waals surface area contributed by atoms with Crippen molar-refractivity contribution in [1.82, 2.24) is 15.2 Å². The van der Waals surface area contributed by atoms with Crippen LogP contribution in [0.2, 0.25) is 0 Å². The summed E-state index contributed by atoms with van der Waals surface area (Å²) in [5.41, 5.74) is 1.98. The lowest BCUT2D eigenvalue weighted by Crippen LogP contribution is -1.97. The molecule has 1 heterocycles. The highest BCUT2D eigenvalue weighted by Gasteiger charge is 2.08. The lowest BCUT2D eigenvalue weighted by molar-refractivity contribution is -0.133. The maximum absolute atomic E-state index is 10.6. The Morgan fingerprint density at radius 3 is 2.71 bits per heavy atom. The molecule has 7 heteroatoms. The fourth-order valence-electron chi connectivity index (χ4n) is 2.06. The highest BCUT2D eigenvalue weighted by molar-refractivity contribution is 7.99. The number of aryl methyl sites for hydroxylation is 1. The molecule has 1 aromatic heterocycles. The Morgan fingerprint density at radius 2 is 2.00 bits per heavy atom. The summed E-state index contributed by atoms with van der Waals surface area (Å²) in [6, 6.07) is 15.3. The highest BCUT2D eigenvalue weighted by atomic mass is 32.2. The molecule has 0 bridgehead atoms. The standard InChI is InChI=1S/C17H15N3O3S/c1-11-3-2-4-14(9-11)23-13-7-5-12(6-8-13)16-18-17(20-19-16)24-10-15(21)22/h2-9H,10H2,1H3,(H,21,22)(H,18,19,20). The second-order valence-corrected chi connectivity index (χ2v) is 6.03. The van der Waals surface area contributed by atoms with Crippen LogP contribution in [0, 0.1) is 6.92 Å². The van der Waals surface area contributed by atoms with E-state index in [9.17, 15) is 4.79 Å². The van der Waals surface area contributed by atoms with Gasteiger partial charge in [-0.3, -0.25) is 9.89 Å². The van der Waals surface area contributed by atoms with Crippen molar-refractivity contribution < 1.29 is 14.6 Å². The molecule has 122 valence electrons.